The van der Waals surface area contributed by atoms with Crippen molar-refractivity contribution in [3.8, 4) is 0 Å². The maximum absolute atomic E-state index is 14.0. The van der Waals surface area contributed by atoms with E-state index in [4.69, 9.17) is 0 Å². The van der Waals surface area contributed by atoms with Crippen LogP contribution in [0.25, 0.3) is 0 Å². The van der Waals surface area contributed by atoms with Gasteiger partial charge in [0.1, 0.15) is 6.04 Å². The van der Waals surface area contributed by atoms with Gasteiger partial charge >= 0.3 is 0 Å². The predicted molar refractivity (Wildman–Crippen MR) is 172 cm³/mol. The summed E-state index contributed by atoms with van der Waals surface area (Å²) in [4.78, 5) is 29.5. The summed E-state index contributed by atoms with van der Waals surface area (Å²) in [6.07, 6.45) is 6.07. The predicted octanol–water partition coefficient (Wildman–Crippen LogP) is 6.00. The van der Waals surface area contributed by atoms with Crippen molar-refractivity contribution in [1.82, 2.24) is 10.2 Å². The van der Waals surface area contributed by atoms with Crippen LogP contribution in [0.4, 0.5) is 5.69 Å². The quantitative estimate of drug-likeness (QED) is 0.245. The van der Waals surface area contributed by atoms with Crippen molar-refractivity contribution in [2.75, 3.05) is 17.1 Å². The van der Waals surface area contributed by atoms with E-state index in [0.29, 0.717) is 18.5 Å². The number of sulfonamides is 1. The number of amides is 2. The van der Waals surface area contributed by atoms with Crippen LogP contribution in [0.3, 0.4) is 0 Å². The number of anilines is 1. The van der Waals surface area contributed by atoms with E-state index in [1.54, 1.807) is 11.0 Å². The highest BCUT2D eigenvalue weighted by Gasteiger charge is 2.32. The Morgan fingerprint density at radius 2 is 1.62 bits per heavy atom. The summed E-state index contributed by atoms with van der Waals surface area (Å²) in [5, 5.41) is 3.22. The van der Waals surface area contributed by atoms with Crippen LogP contribution >= 0.6 is 15.9 Å². The van der Waals surface area contributed by atoms with Gasteiger partial charge < -0.3 is 10.2 Å². The Kier molecular flexibility index (Phi) is 11.2. The van der Waals surface area contributed by atoms with Crippen LogP contribution < -0.4 is 9.62 Å². The molecule has 1 N–H and O–H groups in total. The van der Waals surface area contributed by atoms with Gasteiger partial charge in [-0.1, -0.05) is 89.4 Å². The molecule has 1 fully saturated rings. The normalized spacial score (nSPS) is 14.4. The number of aryl methyl sites for hydroxylation is 1. The smallest absolute Gasteiger partial charge is 0.243 e. The Labute approximate surface area is 258 Å². The summed E-state index contributed by atoms with van der Waals surface area (Å²) < 4.78 is 27.7. The number of nitrogens with zero attached hydrogens (tertiary/aromatic N) is 2. The number of nitrogens with one attached hydrogen (secondary N) is 1. The molecule has 0 bridgehead atoms. The van der Waals surface area contributed by atoms with Gasteiger partial charge in [0.15, 0.2) is 0 Å². The summed E-state index contributed by atoms with van der Waals surface area (Å²) in [5.41, 5.74) is 3.33. The number of halogens is 1. The number of hydrogen-bond acceptors (Lipinski definition) is 4. The Morgan fingerprint density at radius 1 is 0.952 bits per heavy atom. The number of carbonyl (C=O) groups excluding carboxylic acids is 2. The molecule has 1 aliphatic carbocycles. The monoisotopic (exact) mass is 653 g/mol. The van der Waals surface area contributed by atoms with E-state index in [2.05, 4.69) is 21.2 Å². The molecule has 1 aliphatic rings. The minimum atomic E-state index is -3.56. The van der Waals surface area contributed by atoms with Crippen molar-refractivity contribution in [2.45, 2.75) is 70.5 Å². The highest BCUT2D eigenvalue weighted by atomic mass is 79.9. The lowest BCUT2D eigenvalue weighted by atomic mass is 10.0. The molecule has 224 valence electrons. The first kappa shape index (κ1) is 31.8. The van der Waals surface area contributed by atoms with Crippen LogP contribution in [-0.2, 0) is 32.6 Å². The Morgan fingerprint density at radius 3 is 2.29 bits per heavy atom. The molecule has 3 aromatic carbocycles. The Balaban J connectivity index is 1.59. The topological polar surface area (TPSA) is 86.8 Å². The third-order valence-electron chi connectivity index (χ3n) is 7.75. The van der Waals surface area contributed by atoms with Crippen LogP contribution in [-0.4, -0.2) is 50.0 Å². The number of hydrogen-bond donors (Lipinski definition) is 1. The van der Waals surface area contributed by atoms with E-state index >= 15 is 0 Å². The van der Waals surface area contributed by atoms with Crippen molar-refractivity contribution in [1.29, 1.82) is 0 Å². The molecule has 4 rings (SSSR count). The van der Waals surface area contributed by atoms with Gasteiger partial charge in [-0.2, -0.15) is 0 Å². The second-order valence-corrected chi connectivity index (χ2v) is 13.9. The first-order valence-corrected chi connectivity index (χ1v) is 17.2. The standard InChI is InChI=1S/C33H40BrN3O4S/c1-25-12-6-9-19-30(25)37(42(2,40)41)21-11-20-32(38)36(24-27-15-10-16-28(34)22-27)31(23-26-13-4-3-5-14-26)33(39)35-29-17-7-8-18-29/h3-6,9-10,12-16,19,22,29,31H,7-8,11,17-18,20-21,23-24H2,1-2H3,(H,35,39)/t31-/m1/s1. The summed E-state index contributed by atoms with van der Waals surface area (Å²) in [5.74, 6) is -0.331. The molecule has 1 atom stereocenters. The van der Waals surface area contributed by atoms with Crippen molar-refractivity contribution >= 4 is 43.5 Å². The number of rotatable bonds is 13. The van der Waals surface area contributed by atoms with E-state index in [1.165, 1.54) is 10.6 Å². The zero-order chi connectivity index (χ0) is 30.1. The fourth-order valence-electron chi connectivity index (χ4n) is 5.58. The molecule has 9 heteroatoms. The van der Waals surface area contributed by atoms with Crippen LogP contribution in [0.1, 0.15) is 55.2 Å². The van der Waals surface area contributed by atoms with E-state index in [-0.39, 0.29) is 37.4 Å². The lowest BCUT2D eigenvalue weighted by Crippen LogP contribution is -2.52. The van der Waals surface area contributed by atoms with Gasteiger partial charge in [-0.15, -0.1) is 0 Å². The van der Waals surface area contributed by atoms with E-state index < -0.39 is 16.1 Å². The van der Waals surface area contributed by atoms with Crippen molar-refractivity contribution in [3.63, 3.8) is 0 Å². The number of para-hydroxylation sites is 1. The number of carbonyl (C=O) groups is 2. The van der Waals surface area contributed by atoms with Gasteiger partial charge in [0, 0.05) is 36.4 Å². The molecule has 42 heavy (non-hydrogen) atoms. The van der Waals surface area contributed by atoms with Gasteiger partial charge in [-0.05, 0) is 61.1 Å². The SMILES string of the molecule is Cc1ccccc1N(CCCC(=O)N(Cc1cccc(Br)c1)[C@H](Cc1ccccc1)C(=O)NC1CCCC1)S(C)(=O)=O. The molecular weight excluding hydrogens is 614 g/mol. The van der Waals surface area contributed by atoms with Crippen molar-refractivity contribution in [2.24, 2.45) is 0 Å². The molecule has 0 saturated heterocycles. The minimum absolute atomic E-state index is 0.105. The minimum Gasteiger partial charge on any atom is -0.352 e. The van der Waals surface area contributed by atoms with E-state index in [9.17, 15) is 18.0 Å². The van der Waals surface area contributed by atoms with Gasteiger partial charge in [0.2, 0.25) is 21.8 Å². The van der Waals surface area contributed by atoms with Gasteiger partial charge in [0.25, 0.3) is 0 Å². The van der Waals surface area contributed by atoms with E-state index in [1.807, 2.05) is 79.7 Å². The molecular formula is C33H40BrN3O4S. The third-order valence-corrected chi connectivity index (χ3v) is 9.42. The van der Waals surface area contributed by atoms with Crippen LogP contribution in [0.15, 0.2) is 83.3 Å². The summed E-state index contributed by atoms with van der Waals surface area (Å²) in [6, 6.07) is 24.2. The highest BCUT2D eigenvalue weighted by molar-refractivity contribution is 9.10. The van der Waals surface area contributed by atoms with Gasteiger partial charge in [0.05, 0.1) is 11.9 Å². The number of benzene rings is 3. The van der Waals surface area contributed by atoms with Crippen LogP contribution in [0.5, 0.6) is 0 Å². The second-order valence-electron chi connectivity index (χ2n) is 11.1. The zero-order valence-electron chi connectivity index (χ0n) is 24.3. The summed E-state index contributed by atoms with van der Waals surface area (Å²) in [6.45, 7) is 2.30. The molecule has 2 amide bonds. The zero-order valence-corrected chi connectivity index (χ0v) is 26.7. The lowest BCUT2D eigenvalue weighted by Gasteiger charge is -2.33. The Bertz CT molecular complexity index is 1460. The molecule has 7 nitrogen and oxygen atoms in total. The fraction of sp³-hybridized carbons (Fsp3) is 0.394. The molecule has 0 unspecified atom stereocenters. The van der Waals surface area contributed by atoms with Crippen LogP contribution in [0.2, 0.25) is 0 Å². The second kappa shape index (κ2) is 14.8. The molecule has 3 aromatic rings. The molecule has 0 spiro atoms. The average molecular weight is 655 g/mol. The van der Waals surface area contributed by atoms with Gasteiger partial charge in [-0.3, -0.25) is 13.9 Å². The maximum atomic E-state index is 14.0. The Hall–Kier alpha value is -3.17. The molecule has 0 aliphatic heterocycles. The fourth-order valence-corrected chi connectivity index (χ4v) is 7.05. The van der Waals surface area contributed by atoms with Crippen molar-refractivity contribution in [3.05, 3.63) is 100 Å². The molecule has 0 radical (unpaired) electrons. The molecule has 0 heterocycles. The first-order chi connectivity index (χ1) is 20.1. The molecule has 0 aromatic heterocycles. The van der Waals surface area contributed by atoms with Gasteiger partial charge in [-0.25, -0.2) is 8.42 Å². The first-order valence-electron chi connectivity index (χ1n) is 14.5. The van der Waals surface area contributed by atoms with Crippen LogP contribution in [0, 0.1) is 6.92 Å². The summed E-state index contributed by atoms with van der Waals surface area (Å²) in [7, 11) is -3.56. The van der Waals surface area contributed by atoms with Crippen molar-refractivity contribution < 1.29 is 18.0 Å². The maximum Gasteiger partial charge on any atom is 0.243 e. The average Bonchev–Trinajstić information content (AvgIpc) is 3.46. The highest BCUT2D eigenvalue weighted by Crippen LogP contribution is 2.24. The third kappa shape index (κ3) is 8.91. The lowest BCUT2D eigenvalue weighted by molar-refractivity contribution is -0.141. The molecule has 1 saturated carbocycles. The summed E-state index contributed by atoms with van der Waals surface area (Å²) >= 11 is 3.53. The van der Waals surface area contributed by atoms with E-state index in [0.717, 1.165) is 46.8 Å². The largest absolute Gasteiger partial charge is 0.352 e.